The van der Waals surface area contributed by atoms with Gasteiger partial charge in [-0.1, -0.05) is 43.3 Å². The zero-order valence-electron chi connectivity index (χ0n) is 14.3. The highest BCUT2D eigenvalue weighted by atomic mass is 16.5. The van der Waals surface area contributed by atoms with Crippen LogP contribution in [0.4, 0.5) is 0 Å². The Morgan fingerprint density at radius 1 is 1.21 bits per heavy atom. The Morgan fingerprint density at radius 3 is 2.54 bits per heavy atom. The van der Waals surface area contributed by atoms with Gasteiger partial charge in [-0.25, -0.2) is 0 Å². The molecule has 2 rings (SSSR count). The zero-order valence-corrected chi connectivity index (χ0v) is 14.3. The highest BCUT2D eigenvalue weighted by molar-refractivity contribution is 5.79. The number of nitrogens with two attached hydrogens (primary N) is 1. The molecule has 0 aliphatic heterocycles. The van der Waals surface area contributed by atoms with Crippen molar-refractivity contribution < 1.29 is 9.53 Å². The zero-order chi connectivity index (χ0) is 17.4. The molecule has 2 atom stereocenters. The van der Waals surface area contributed by atoms with E-state index in [-0.39, 0.29) is 17.9 Å². The number of hydrogen-bond donors (Lipinski definition) is 1. The Balaban J connectivity index is 2.11. The molecule has 2 aromatic rings. The minimum absolute atomic E-state index is 0.00839. The number of ether oxygens (including phenoxy) is 1. The van der Waals surface area contributed by atoms with Gasteiger partial charge in [0.15, 0.2) is 0 Å². The van der Waals surface area contributed by atoms with Crippen LogP contribution >= 0.6 is 0 Å². The maximum absolute atomic E-state index is 12.9. The SMILES string of the molecule is COCCN(Cc1ccccn1)C(=O)C(C)C(N)c1ccccc1. The smallest absolute Gasteiger partial charge is 0.227 e. The molecule has 0 spiro atoms. The normalized spacial score (nSPS) is 13.3. The van der Waals surface area contributed by atoms with Gasteiger partial charge in [0, 0.05) is 25.9 Å². The van der Waals surface area contributed by atoms with Gasteiger partial charge in [0.05, 0.1) is 24.8 Å². The highest BCUT2D eigenvalue weighted by Gasteiger charge is 2.26. The molecular formula is C19H25N3O2. The van der Waals surface area contributed by atoms with Gasteiger partial charge < -0.3 is 15.4 Å². The van der Waals surface area contributed by atoms with Crippen LogP contribution in [0.2, 0.25) is 0 Å². The molecule has 1 amide bonds. The van der Waals surface area contributed by atoms with E-state index >= 15 is 0 Å². The lowest BCUT2D eigenvalue weighted by Crippen LogP contribution is -2.40. The second-order valence-corrected chi connectivity index (χ2v) is 5.80. The van der Waals surface area contributed by atoms with E-state index in [0.29, 0.717) is 19.7 Å². The average Bonchev–Trinajstić information content (AvgIpc) is 2.65. The van der Waals surface area contributed by atoms with Crippen LogP contribution in [0.25, 0.3) is 0 Å². The van der Waals surface area contributed by atoms with E-state index in [4.69, 9.17) is 10.5 Å². The maximum atomic E-state index is 12.9. The molecule has 0 bridgehead atoms. The van der Waals surface area contributed by atoms with Crippen molar-refractivity contribution in [2.75, 3.05) is 20.3 Å². The molecular weight excluding hydrogens is 302 g/mol. The summed E-state index contributed by atoms with van der Waals surface area (Å²) in [6.07, 6.45) is 1.73. The van der Waals surface area contributed by atoms with Crippen LogP contribution in [0.5, 0.6) is 0 Å². The topological polar surface area (TPSA) is 68.5 Å². The molecule has 2 N–H and O–H groups in total. The molecule has 0 radical (unpaired) electrons. The van der Waals surface area contributed by atoms with Crippen molar-refractivity contribution in [1.82, 2.24) is 9.88 Å². The molecule has 0 saturated carbocycles. The predicted molar refractivity (Wildman–Crippen MR) is 94.1 cm³/mol. The first kappa shape index (κ1) is 18.1. The number of benzene rings is 1. The fourth-order valence-electron chi connectivity index (χ4n) is 2.56. The van der Waals surface area contributed by atoms with Crippen LogP contribution in [-0.2, 0) is 16.1 Å². The lowest BCUT2D eigenvalue weighted by molar-refractivity contribution is -0.137. The standard InChI is InChI=1S/C19H25N3O2/c1-15(18(20)16-8-4-3-5-9-16)19(23)22(12-13-24-2)14-17-10-6-7-11-21-17/h3-11,15,18H,12-14,20H2,1-2H3. The van der Waals surface area contributed by atoms with Gasteiger partial charge in [0.1, 0.15) is 0 Å². The summed E-state index contributed by atoms with van der Waals surface area (Å²) in [6.45, 7) is 3.32. The van der Waals surface area contributed by atoms with Gasteiger partial charge >= 0.3 is 0 Å². The van der Waals surface area contributed by atoms with Crippen LogP contribution in [0.15, 0.2) is 54.7 Å². The summed E-state index contributed by atoms with van der Waals surface area (Å²) in [4.78, 5) is 19.0. The first-order chi connectivity index (χ1) is 11.6. The van der Waals surface area contributed by atoms with E-state index < -0.39 is 0 Å². The molecule has 0 fully saturated rings. The van der Waals surface area contributed by atoms with Crippen molar-refractivity contribution in [3.05, 3.63) is 66.0 Å². The molecule has 5 heteroatoms. The Hall–Kier alpha value is -2.24. The molecule has 24 heavy (non-hydrogen) atoms. The number of pyridine rings is 1. The van der Waals surface area contributed by atoms with Crippen molar-refractivity contribution in [3.63, 3.8) is 0 Å². The molecule has 0 saturated heterocycles. The van der Waals surface area contributed by atoms with E-state index in [2.05, 4.69) is 4.98 Å². The average molecular weight is 327 g/mol. The minimum atomic E-state index is -0.340. The van der Waals surface area contributed by atoms with Crippen LogP contribution in [0, 0.1) is 5.92 Å². The van der Waals surface area contributed by atoms with Crippen molar-refractivity contribution in [1.29, 1.82) is 0 Å². The Labute approximate surface area is 143 Å². The predicted octanol–water partition coefficient (Wildman–Crippen LogP) is 2.39. The molecule has 2 unspecified atom stereocenters. The number of carbonyl (C=O) groups excluding carboxylic acids is 1. The Morgan fingerprint density at radius 2 is 1.92 bits per heavy atom. The van der Waals surface area contributed by atoms with E-state index in [1.807, 2.05) is 55.5 Å². The summed E-state index contributed by atoms with van der Waals surface area (Å²) >= 11 is 0. The molecule has 0 aliphatic rings. The van der Waals surface area contributed by atoms with Gasteiger partial charge in [0.25, 0.3) is 0 Å². The van der Waals surface area contributed by atoms with Gasteiger partial charge in [0.2, 0.25) is 5.91 Å². The first-order valence-corrected chi connectivity index (χ1v) is 8.11. The largest absolute Gasteiger partial charge is 0.383 e. The molecule has 1 aromatic heterocycles. The summed E-state index contributed by atoms with van der Waals surface area (Å²) < 4.78 is 5.14. The second-order valence-electron chi connectivity index (χ2n) is 5.80. The molecule has 1 heterocycles. The van der Waals surface area contributed by atoms with Crippen molar-refractivity contribution in [2.45, 2.75) is 19.5 Å². The quantitative estimate of drug-likeness (QED) is 0.808. The van der Waals surface area contributed by atoms with Gasteiger partial charge in [-0.3, -0.25) is 9.78 Å². The monoisotopic (exact) mass is 327 g/mol. The van der Waals surface area contributed by atoms with E-state index in [9.17, 15) is 4.79 Å². The third kappa shape index (κ3) is 4.88. The van der Waals surface area contributed by atoms with Crippen molar-refractivity contribution >= 4 is 5.91 Å². The van der Waals surface area contributed by atoms with Gasteiger partial charge in [-0.15, -0.1) is 0 Å². The lowest BCUT2D eigenvalue weighted by atomic mass is 9.94. The summed E-state index contributed by atoms with van der Waals surface area (Å²) in [5, 5.41) is 0. The number of aromatic nitrogens is 1. The summed E-state index contributed by atoms with van der Waals surface area (Å²) in [7, 11) is 1.63. The highest BCUT2D eigenvalue weighted by Crippen LogP contribution is 2.21. The Kier molecular flexibility index (Phi) is 6.90. The number of methoxy groups -OCH3 is 1. The minimum Gasteiger partial charge on any atom is -0.383 e. The van der Waals surface area contributed by atoms with E-state index in [1.165, 1.54) is 0 Å². The second kappa shape index (κ2) is 9.15. The molecule has 0 aliphatic carbocycles. The number of hydrogen-bond acceptors (Lipinski definition) is 4. The Bertz CT molecular complexity index is 619. The summed E-state index contributed by atoms with van der Waals surface area (Å²) in [5.41, 5.74) is 8.12. The van der Waals surface area contributed by atoms with Crippen LogP contribution in [0.3, 0.4) is 0 Å². The van der Waals surface area contributed by atoms with Crippen LogP contribution in [0.1, 0.15) is 24.2 Å². The fraction of sp³-hybridized carbons (Fsp3) is 0.368. The van der Waals surface area contributed by atoms with E-state index in [0.717, 1.165) is 11.3 Å². The van der Waals surface area contributed by atoms with Gasteiger partial charge in [-0.2, -0.15) is 0 Å². The number of rotatable bonds is 8. The third-order valence-corrected chi connectivity index (χ3v) is 4.07. The van der Waals surface area contributed by atoms with Crippen molar-refractivity contribution in [2.24, 2.45) is 11.7 Å². The third-order valence-electron chi connectivity index (χ3n) is 4.07. The maximum Gasteiger partial charge on any atom is 0.227 e. The van der Waals surface area contributed by atoms with Crippen molar-refractivity contribution in [3.8, 4) is 0 Å². The number of carbonyl (C=O) groups is 1. The first-order valence-electron chi connectivity index (χ1n) is 8.11. The van der Waals surface area contributed by atoms with Crippen LogP contribution in [-0.4, -0.2) is 36.1 Å². The lowest BCUT2D eigenvalue weighted by Gasteiger charge is -2.28. The van der Waals surface area contributed by atoms with E-state index in [1.54, 1.807) is 18.2 Å². The molecule has 1 aromatic carbocycles. The van der Waals surface area contributed by atoms with Crippen LogP contribution < -0.4 is 5.73 Å². The number of nitrogens with zero attached hydrogens (tertiary/aromatic N) is 2. The summed E-state index contributed by atoms with van der Waals surface area (Å²) in [6, 6.07) is 15.1. The molecule has 5 nitrogen and oxygen atoms in total. The fourth-order valence-corrected chi connectivity index (χ4v) is 2.56. The number of amides is 1. The summed E-state index contributed by atoms with van der Waals surface area (Å²) in [5.74, 6) is -0.318. The molecule has 128 valence electrons. The van der Waals surface area contributed by atoms with Gasteiger partial charge in [-0.05, 0) is 17.7 Å².